The third-order valence-electron chi connectivity index (χ3n) is 8.21. The van der Waals surface area contributed by atoms with Crippen LogP contribution in [0.2, 0.25) is 0 Å². The molecule has 11 nitrogen and oxygen atoms in total. The molecule has 0 bridgehead atoms. The van der Waals surface area contributed by atoms with Crippen molar-refractivity contribution in [1.29, 1.82) is 0 Å². The summed E-state index contributed by atoms with van der Waals surface area (Å²) in [6.07, 6.45) is 1.65. The van der Waals surface area contributed by atoms with Crippen molar-refractivity contribution in [3.8, 4) is 5.75 Å². The van der Waals surface area contributed by atoms with Crippen molar-refractivity contribution >= 4 is 35.8 Å². The lowest BCUT2D eigenvalue weighted by Gasteiger charge is -2.44. The van der Waals surface area contributed by atoms with E-state index in [1.807, 2.05) is 0 Å². The van der Waals surface area contributed by atoms with Gasteiger partial charge in [-0.25, -0.2) is 9.59 Å². The molecule has 2 saturated heterocycles. The van der Waals surface area contributed by atoms with Gasteiger partial charge in [-0.2, -0.15) is 9.80 Å². The fourth-order valence-corrected chi connectivity index (χ4v) is 6.66. The second-order valence-corrected chi connectivity index (χ2v) is 9.84. The van der Waals surface area contributed by atoms with Crippen molar-refractivity contribution in [3.63, 3.8) is 0 Å². The largest absolute Gasteiger partial charge is 0.507 e. The number of nitrogens with zero attached hydrogens (tertiary/aromatic N) is 2. The first-order valence-electron chi connectivity index (χ1n) is 12.2. The maximum Gasteiger partial charge on any atom is 0.423 e. The summed E-state index contributed by atoms with van der Waals surface area (Å²) in [7, 11) is 2.13. The number of hydrogen-bond acceptors (Lipinski definition) is 9. The molecule has 0 spiro atoms. The summed E-state index contributed by atoms with van der Waals surface area (Å²) < 4.78 is 9.33. The molecule has 11 heteroatoms. The number of amides is 6. The molecule has 6 amide bonds. The SMILES string of the molecule is C=CCc1cccc(C2C3=CCC4C(=O)N(C(=O)OC)C(=O)C4C3CC3C(=O)N(C(=O)OC)C(=O)C32)c1O. The molecule has 1 aromatic carbocycles. The van der Waals surface area contributed by atoms with Crippen LogP contribution in [0.3, 0.4) is 0 Å². The molecule has 2 aliphatic carbocycles. The van der Waals surface area contributed by atoms with Crippen LogP contribution in [0.1, 0.15) is 29.9 Å². The summed E-state index contributed by atoms with van der Waals surface area (Å²) in [6, 6.07) is 5.06. The number of fused-ring (bicyclic) bond motifs is 4. The third kappa shape index (κ3) is 3.41. The zero-order valence-corrected chi connectivity index (χ0v) is 20.8. The van der Waals surface area contributed by atoms with Crippen molar-refractivity contribution < 1.29 is 43.3 Å². The number of carbonyl (C=O) groups excluding carboxylic acids is 6. The van der Waals surface area contributed by atoms with E-state index in [0.717, 1.165) is 14.2 Å². The smallest absolute Gasteiger partial charge is 0.423 e. The van der Waals surface area contributed by atoms with Gasteiger partial charge in [0.05, 0.1) is 37.9 Å². The summed E-state index contributed by atoms with van der Waals surface area (Å²) in [5.74, 6) is -8.39. The van der Waals surface area contributed by atoms with Gasteiger partial charge in [0.15, 0.2) is 0 Å². The number of benzene rings is 1. The second kappa shape index (κ2) is 9.23. The van der Waals surface area contributed by atoms with Gasteiger partial charge in [0.2, 0.25) is 23.6 Å². The predicted molar refractivity (Wildman–Crippen MR) is 128 cm³/mol. The van der Waals surface area contributed by atoms with Crippen molar-refractivity contribution in [3.05, 3.63) is 53.6 Å². The van der Waals surface area contributed by atoms with Gasteiger partial charge in [-0.1, -0.05) is 35.9 Å². The molecule has 6 atom stereocenters. The molecule has 5 rings (SSSR count). The summed E-state index contributed by atoms with van der Waals surface area (Å²) in [5, 5.41) is 11.2. The maximum atomic E-state index is 13.5. The standard InChI is InChI=1S/C27H26N2O9/c1-4-6-12-7-5-8-14(21(12)30)18-13-9-10-15-19(24(33)28(22(15)31)26(35)37-2)16(13)11-17-20(18)25(34)29(23(17)32)27(36)38-3/h4-5,7-9,15-20,30H,1,6,10-11H2,2-3H3. The molecular formula is C27H26N2O9. The predicted octanol–water partition coefficient (Wildman–Crippen LogP) is 2.29. The van der Waals surface area contributed by atoms with E-state index >= 15 is 0 Å². The molecule has 0 radical (unpaired) electrons. The maximum absolute atomic E-state index is 13.5. The van der Waals surface area contributed by atoms with Crippen LogP contribution in [0.5, 0.6) is 5.75 Å². The molecule has 2 aliphatic heterocycles. The van der Waals surface area contributed by atoms with Crippen LogP contribution in [0.25, 0.3) is 0 Å². The Labute approximate surface area is 217 Å². The Balaban J connectivity index is 1.67. The number of carbonyl (C=O) groups is 6. The average Bonchev–Trinajstić information content (AvgIpc) is 3.32. The Morgan fingerprint density at radius 1 is 0.947 bits per heavy atom. The van der Waals surface area contributed by atoms with Crippen LogP contribution in [0, 0.1) is 29.6 Å². The van der Waals surface area contributed by atoms with Gasteiger partial charge in [-0.3, -0.25) is 19.2 Å². The van der Waals surface area contributed by atoms with Gasteiger partial charge in [-0.05, 0) is 30.7 Å². The number of imide groups is 6. The number of rotatable bonds is 3. The Morgan fingerprint density at radius 2 is 1.55 bits per heavy atom. The monoisotopic (exact) mass is 522 g/mol. The first-order valence-corrected chi connectivity index (χ1v) is 12.2. The molecule has 0 aromatic heterocycles. The first-order chi connectivity index (χ1) is 18.2. The summed E-state index contributed by atoms with van der Waals surface area (Å²) in [6.45, 7) is 3.71. The Morgan fingerprint density at radius 3 is 2.16 bits per heavy atom. The van der Waals surface area contributed by atoms with E-state index in [1.54, 1.807) is 30.4 Å². The lowest BCUT2D eigenvalue weighted by Crippen LogP contribution is -2.43. The average molecular weight is 523 g/mol. The lowest BCUT2D eigenvalue weighted by molar-refractivity contribution is -0.139. The van der Waals surface area contributed by atoms with E-state index in [4.69, 9.17) is 0 Å². The molecule has 4 aliphatic rings. The molecule has 1 aromatic rings. The summed E-state index contributed by atoms with van der Waals surface area (Å²) in [4.78, 5) is 78.9. The molecule has 2 heterocycles. The summed E-state index contributed by atoms with van der Waals surface area (Å²) in [5.41, 5.74) is 1.53. The van der Waals surface area contributed by atoms with Gasteiger partial charge in [0, 0.05) is 11.5 Å². The number of allylic oxidation sites excluding steroid dienone is 3. The summed E-state index contributed by atoms with van der Waals surface area (Å²) >= 11 is 0. The van der Waals surface area contributed by atoms with Gasteiger partial charge in [-0.15, -0.1) is 6.58 Å². The number of likely N-dealkylation sites (tertiary alicyclic amines) is 2. The molecule has 38 heavy (non-hydrogen) atoms. The molecule has 198 valence electrons. The van der Waals surface area contributed by atoms with Gasteiger partial charge in [0.1, 0.15) is 5.75 Å². The van der Waals surface area contributed by atoms with Crippen LogP contribution in [0.4, 0.5) is 9.59 Å². The zero-order valence-electron chi connectivity index (χ0n) is 20.8. The molecular weight excluding hydrogens is 496 g/mol. The normalized spacial score (nSPS) is 29.9. The molecule has 6 unspecified atom stereocenters. The van der Waals surface area contributed by atoms with E-state index in [9.17, 15) is 33.9 Å². The molecule has 3 fully saturated rings. The fourth-order valence-electron chi connectivity index (χ4n) is 6.66. The zero-order chi connectivity index (χ0) is 27.5. The number of ether oxygens (including phenoxy) is 2. The highest BCUT2D eigenvalue weighted by atomic mass is 16.5. The van der Waals surface area contributed by atoms with Crippen molar-refractivity contribution in [2.24, 2.45) is 29.6 Å². The number of phenols is 1. The highest BCUT2D eigenvalue weighted by molar-refractivity contribution is 6.17. The van der Waals surface area contributed by atoms with Gasteiger partial charge in [0.25, 0.3) is 0 Å². The lowest BCUT2D eigenvalue weighted by atomic mass is 9.57. The van der Waals surface area contributed by atoms with Gasteiger partial charge >= 0.3 is 12.2 Å². The van der Waals surface area contributed by atoms with Crippen LogP contribution in [0.15, 0.2) is 42.5 Å². The fraction of sp³-hybridized carbons (Fsp3) is 0.407. The first kappa shape index (κ1) is 25.4. The van der Waals surface area contributed by atoms with Crippen LogP contribution >= 0.6 is 0 Å². The molecule has 1 N–H and O–H groups in total. The van der Waals surface area contributed by atoms with Crippen LogP contribution in [-0.4, -0.2) is 64.9 Å². The van der Waals surface area contributed by atoms with E-state index < -0.39 is 71.3 Å². The van der Waals surface area contributed by atoms with E-state index in [2.05, 4.69) is 16.1 Å². The highest BCUT2D eigenvalue weighted by Crippen LogP contribution is 2.59. The quantitative estimate of drug-likeness (QED) is 0.466. The number of aromatic hydroxyl groups is 1. The third-order valence-corrected chi connectivity index (χ3v) is 8.21. The van der Waals surface area contributed by atoms with Crippen molar-refractivity contribution in [2.45, 2.75) is 25.2 Å². The number of hydrogen-bond donors (Lipinski definition) is 1. The van der Waals surface area contributed by atoms with Crippen LogP contribution in [-0.2, 0) is 35.1 Å². The number of para-hydroxylation sites is 1. The topological polar surface area (TPSA) is 148 Å². The highest BCUT2D eigenvalue weighted by Gasteiger charge is 2.64. The van der Waals surface area contributed by atoms with Crippen LogP contribution < -0.4 is 0 Å². The van der Waals surface area contributed by atoms with E-state index in [-0.39, 0.29) is 18.6 Å². The minimum Gasteiger partial charge on any atom is -0.507 e. The minimum atomic E-state index is -1.11. The van der Waals surface area contributed by atoms with E-state index in [0.29, 0.717) is 32.9 Å². The second-order valence-electron chi connectivity index (χ2n) is 9.84. The minimum absolute atomic E-state index is 0.00732. The number of methoxy groups -OCH3 is 2. The Kier molecular flexibility index (Phi) is 6.16. The van der Waals surface area contributed by atoms with Crippen molar-refractivity contribution in [2.75, 3.05) is 14.2 Å². The Hall–Kier alpha value is -4.28. The van der Waals surface area contributed by atoms with E-state index in [1.165, 1.54) is 0 Å². The molecule has 1 saturated carbocycles. The number of phenolic OH excluding ortho intramolecular Hbond substituents is 1. The van der Waals surface area contributed by atoms with Crippen molar-refractivity contribution in [1.82, 2.24) is 9.80 Å². The Bertz CT molecular complexity index is 1330. The van der Waals surface area contributed by atoms with Gasteiger partial charge < -0.3 is 14.6 Å².